The first-order valence-corrected chi connectivity index (χ1v) is 7.44. The van der Waals surface area contributed by atoms with Crippen LogP contribution in [0, 0.1) is 6.07 Å². The van der Waals surface area contributed by atoms with Crippen LogP contribution in [0.3, 0.4) is 0 Å². The molecule has 1 aromatic carbocycles. The Labute approximate surface area is 155 Å². The fourth-order valence-electron chi connectivity index (χ4n) is 2.32. The number of aliphatic hydroxyl groups excluding tert-OH is 1. The summed E-state index contributed by atoms with van der Waals surface area (Å²) >= 11 is 0. The number of aliphatic hydroxyl groups is 1. The van der Waals surface area contributed by atoms with Gasteiger partial charge >= 0.3 is 0 Å². The molecule has 0 aliphatic heterocycles. The summed E-state index contributed by atoms with van der Waals surface area (Å²) in [5.41, 5.74) is 2.75. The first-order valence-electron chi connectivity index (χ1n) is 7.44. The molecule has 0 aliphatic carbocycles. The van der Waals surface area contributed by atoms with E-state index in [1.807, 2.05) is 36.4 Å². The summed E-state index contributed by atoms with van der Waals surface area (Å²) < 4.78 is 5.40. The molecule has 1 atom stereocenters. The summed E-state index contributed by atoms with van der Waals surface area (Å²) in [6.45, 7) is 1.40. The Bertz CT molecular complexity index is 686. The molecular weight excluding hydrogens is 482 g/mol. The number of aromatic nitrogens is 1. The maximum atomic E-state index is 11.0. The van der Waals surface area contributed by atoms with Gasteiger partial charge in [0.2, 0.25) is 0 Å². The number of carbonyl (C=O) groups excluding carboxylic acids is 1. The third kappa shape index (κ3) is 6.36. The Morgan fingerprint density at radius 1 is 1.33 bits per heavy atom. The van der Waals surface area contributed by atoms with E-state index in [1.165, 1.54) is 13.0 Å². The summed E-state index contributed by atoms with van der Waals surface area (Å²) in [7, 11) is 1.59. The molecule has 0 saturated heterocycles. The molecule has 2 rings (SSSR count). The average Bonchev–Trinajstić information content (AvgIpc) is 2.54. The van der Waals surface area contributed by atoms with Gasteiger partial charge in [0.05, 0.1) is 11.9 Å². The van der Waals surface area contributed by atoms with Gasteiger partial charge in [0.15, 0.2) is 5.78 Å². The molecule has 24 heavy (non-hydrogen) atoms. The van der Waals surface area contributed by atoms with Gasteiger partial charge in [-0.25, -0.2) is 0 Å². The van der Waals surface area contributed by atoms with Crippen molar-refractivity contribution in [3.05, 3.63) is 66.1 Å². The van der Waals surface area contributed by atoms with Crippen molar-refractivity contribution in [1.82, 2.24) is 4.98 Å². The van der Waals surface area contributed by atoms with Crippen molar-refractivity contribution in [3.63, 3.8) is 0 Å². The van der Waals surface area contributed by atoms with Gasteiger partial charge in [0.25, 0.3) is 0 Å². The van der Waals surface area contributed by atoms with Crippen LogP contribution in [0.25, 0.3) is 11.3 Å². The number of hydrogen-bond donors (Lipinski definition) is 1. The molecule has 5 heteroatoms. The number of ether oxygens (including phenoxy) is 1. The molecule has 2 aromatic rings. The summed E-state index contributed by atoms with van der Waals surface area (Å²) in [6, 6.07) is 14.9. The molecule has 0 fully saturated rings. The summed E-state index contributed by atoms with van der Waals surface area (Å²) in [5.74, 6) is -0.147. The van der Waals surface area contributed by atoms with Gasteiger partial charge in [-0.15, -0.1) is 35.4 Å². The molecule has 1 heterocycles. The van der Waals surface area contributed by atoms with Gasteiger partial charge < -0.3 is 14.8 Å². The Morgan fingerprint density at radius 3 is 2.75 bits per heavy atom. The van der Waals surface area contributed by atoms with Crippen molar-refractivity contribution >= 4 is 5.78 Å². The van der Waals surface area contributed by atoms with E-state index < -0.39 is 0 Å². The normalized spacial score (nSPS) is 12.3. The smallest absolute Gasteiger partial charge is 0.155 e. The zero-order valence-corrected chi connectivity index (χ0v) is 16.0. The van der Waals surface area contributed by atoms with Crippen LogP contribution in [0.1, 0.15) is 18.9 Å². The molecule has 0 spiro atoms. The fraction of sp³-hybridized carbons (Fsp3) is 0.263. The Kier molecular flexibility index (Phi) is 8.55. The van der Waals surface area contributed by atoms with Crippen molar-refractivity contribution in [2.75, 3.05) is 7.11 Å². The minimum atomic E-state index is -0.221. The van der Waals surface area contributed by atoms with Gasteiger partial charge in [-0.1, -0.05) is 12.1 Å². The minimum absolute atomic E-state index is 0. The maximum absolute atomic E-state index is 11.0. The summed E-state index contributed by atoms with van der Waals surface area (Å²) in [6.07, 6.45) is 3.63. The van der Waals surface area contributed by atoms with E-state index in [0.717, 1.165) is 16.8 Å². The van der Waals surface area contributed by atoms with Crippen LogP contribution < -0.4 is 0 Å². The van der Waals surface area contributed by atoms with Gasteiger partial charge in [-0.3, -0.25) is 4.79 Å². The van der Waals surface area contributed by atoms with E-state index >= 15 is 0 Å². The predicted molar refractivity (Wildman–Crippen MR) is 89.0 cm³/mol. The average molecular weight is 503 g/mol. The largest absolute Gasteiger partial charge is 0.512 e. The number of methoxy groups -OCH3 is 1. The van der Waals surface area contributed by atoms with Crippen LogP contribution in [0.5, 0.6) is 0 Å². The van der Waals surface area contributed by atoms with Crippen molar-refractivity contribution in [1.29, 1.82) is 0 Å². The van der Waals surface area contributed by atoms with E-state index in [0.29, 0.717) is 6.42 Å². The maximum Gasteiger partial charge on any atom is 0.155 e. The van der Waals surface area contributed by atoms with Crippen molar-refractivity contribution in [3.8, 4) is 11.3 Å². The molecule has 1 aromatic heterocycles. The third-order valence-corrected chi connectivity index (χ3v) is 3.38. The Balaban J connectivity index is 0.00000288. The number of pyridine rings is 1. The Hall–Kier alpha value is -1.81. The quantitative estimate of drug-likeness (QED) is 0.358. The fourth-order valence-corrected chi connectivity index (χ4v) is 2.32. The zero-order chi connectivity index (χ0) is 16.7. The summed E-state index contributed by atoms with van der Waals surface area (Å²) in [5, 5.41) is 9.77. The second kappa shape index (κ2) is 10.1. The number of hydrogen-bond acceptors (Lipinski definition) is 4. The van der Waals surface area contributed by atoms with E-state index in [9.17, 15) is 9.90 Å². The van der Waals surface area contributed by atoms with Gasteiger partial charge in [0, 0.05) is 45.9 Å². The van der Waals surface area contributed by atoms with E-state index in [1.54, 1.807) is 13.3 Å². The minimum Gasteiger partial charge on any atom is -0.512 e. The summed E-state index contributed by atoms with van der Waals surface area (Å²) in [4.78, 5) is 15.3. The van der Waals surface area contributed by atoms with E-state index in [-0.39, 0.29) is 44.2 Å². The van der Waals surface area contributed by atoms with E-state index in [2.05, 4.69) is 11.1 Å². The van der Waals surface area contributed by atoms with Gasteiger partial charge in [-0.05, 0) is 25.1 Å². The van der Waals surface area contributed by atoms with Crippen LogP contribution in [-0.4, -0.2) is 29.1 Å². The van der Waals surface area contributed by atoms with Crippen molar-refractivity contribution < 1.29 is 34.7 Å². The number of carbonyl (C=O) groups is 1. The number of benzene rings is 1. The van der Waals surface area contributed by atoms with Crippen molar-refractivity contribution in [2.45, 2.75) is 25.9 Å². The van der Waals surface area contributed by atoms with Crippen LogP contribution in [0.15, 0.2) is 54.4 Å². The van der Waals surface area contributed by atoms with Crippen LogP contribution in [0.2, 0.25) is 0 Å². The van der Waals surface area contributed by atoms with Crippen LogP contribution in [-0.2, 0) is 36.1 Å². The molecular formula is C19H20IrNO3-. The number of rotatable bonds is 7. The molecule has 0 bridgehead atoms. The Morgan fingerprint density at radius 2 is 2.12 bits per heavy atom. The molecule has 129 valence electrons. The monoisotopic (exact) mass is 503 g/mol. The van der Waals surface area contributed by atoms with Gasteiger partial charge in [0.1, 0.15) is 0 Å². The standard InChI is InChI=1S/C19H20NO3.Ir/c1-14(21)10-17(22)13-18(23-2)12-15-6-5-7-16(11-15)19-8-3-4-9-20-19;/h3-10,18,22H,12-13H2,1-2H3;/q-1;/b17-10-;. The van der Waals surface area contributed by atoms with Crippen molar-refractivity contribution in [2.24, 2.45) is 0 Å². The third-order valence-electron chi connectivity index (χ3n) is 3.38. The number of ketones is 1. The predicted octanol–water partition coefficient (Wildman–Crippen LogP) is 3.52. The first-order chi connectivity index (χ1) is 11.1. The molecule has 0 amide bonds. The SMILES string of the molecule is COC(C/C(O)=C/C(C)=O)Cc1[c-]c(-c2ccccn2)ccc1.[Ir]. The van der Waals surface area contributed by atoms with E-state index in [4.69, 9.17) is 4.74 Å². The molecule has 4 nitrogen and oxygen atoms in total. The molecule has 0 aliphatic rings. The number of nitrogens with zero attached hydrogens (tertiary/aromatic N) is 1. The molecule has 1 unspecified atom stereocenters. The number of allylic oxidation sites excluding steroid dienone is 1. The first kappa shape index (κ1) is 20.2. The molecule has 0 saturated carbocycles. The zero-order valence-electron chi connectivity index (χ0n) is 13.7. The molecule has 1 N–H and O–H groups in total. The molecule has 1 radical (unpaired) electrons. The second-order valence-electron chi connectivity index (χ2n) is 5.32. The van der Waals surface area contributed by atoms with Crippen LogP contribution in [0.4, 0.5) is 0 Å². The van der Waals surface area contributed by atoms with Crippen LogP contribution >= 0.6 is 0 Å². The van der Waals surface area contributed by atoms with Gasteiger partial charge in [-0.2, -0.15) is 0 Å². The topological polar surface area (TPSA) is 59.4 Å². The second-order valence-corrected chi connectivity index (χ2v) is 5.32.